The number of rotatable bonds is 3. The Morgan fingerprint density at radius 2 is 1.76 bits per heavy atom. The topological polar surface area (TPSA) is 44.5 Å². The third-order valence-electron chi connectivity index (χ3n) is 5.04. The lowest BCUT2D eigenvalue weighted by atomic mass is 9.99. The fourth-order valence-electron chi connectivity index (χ4n) is 3.85. The molecule has 2 fully saturated rings. The van der Waals surface area contributed by atoms with Crippen molar-refractivity contribution in [3.05, 3.63) is 18.2 Å². The fourth-order valence-corrected chi connectivity index (χ4v) is 3.85. The second kappa shape index (κ2) is 6.56. The quantitative estimate of drug-likeness (QED) is 0.840. The van der Waals surface area contributed by atoms with Crippen LogP contribution in [0.4, 0.5) is 17.1 Å². The van der Waals surface area contributed by atoms with Gasteiger partial charge in [0.15, 0.2) is 0 Å². The molecule has 2 saturated heterocycles. The van der Waals surface area contributed by atoms with Crippen LogP contribution >= 0.6 is 0 Å². The van der Waals surface area contributed by atoms with Gasteiger partial charge in [0, 0.05) is 26.2 Å². The second-order valence-corrected chi connectivity index (χ2v) is 6.31. The highest BCUT2D eigenvalue weighted by Crippen LogP contribution is 2.33. The maximum Gasteiger partial charge on any atom is 0.0808 e. The molecule has 2 aliphatic heterocycles. The Bertz CT molecular complexity index is 460. The van der Waals surface area contributed by atoms with Crippen molar-refractivity contribution in [3.63, 3.8) is 0 Å². The van der Waals surface area contributed by atoms with Gasteiger partial charge in [0.1, 0.15) is 0 Å². The van der Waals surface area contributed by atoms with Crippen LogP contribution in [0, 0.1) is 0 Å². The number of nitrogens with zero attached hydrogens (tertiary/aromatic N) is 2. The second-order valence-electron chi connectivity index (χ2n) is 6.31. The molecule has 0 bridgehead atoms. The van der Waals surface area contributed by atoms with Gasteiger partial charge in [-0.1, -0.05) is 12.5 Å². The first-order valence-electron chi connectivity index (χ1n) is 8.35. The van der Waals surface area contributed by atoms with Crippen LogP contribution in [0.2, 0.25) is 0 Å². The predicted octanol–water partition coefficient (Wildman–Crippen LogP) is 2.77. The maximum atomic E-state index is 6.09. The lowest BCUT2D eigenvalue weighted by Crippen LogP contribution is -2.46. The number of nitrogens with two attached hydrogens (primary N) is 1. The van der Waals surface area contributed by atoms with E-state index in [2.05, 4.69) is 27.2 Å². The molecule has 116 valence electrons. The molecule has 21 heavy (non-hydrogen) atoms. The molecule has 4 nitrogen and oxygen atoms in total. The number of hydrogen-bond acceptors (Lipinski definition) is 4. The lowest BCUT2D eigenvalue weighted by molar-refractivity contribution is 0.141. The van der Waals surface area contributed by atoms with E-state index < -0.39 is 0 Å². The zero-order valence-electron chi connectivity index (χ0n) is 13.1. The van der Waals surface area contributed by atoms with Crippen molar-refractivity contribution in [1.29, 1.82) is 0 Å². The van der Waals surface area contributed by atoms with E-state index in [9.17, 15) is 0 Å². The van der Waals surface area contributed by atoms with Crippen molar-refractivity contribution in [2.45, 2.75) is 38.1 Å². The molecular formula is C17H28N4. The van der Waals surface area contributed by atoms with Crippen molar-refractivity contribution in [1.82, 2.24) is 4.90 Å². The highest BCUT2D eigenvalue weighted by Gasteiger charge is 2.26. The average Bonchev–Trinajstić information content (AvgIpc) is 2.55. The van der Waals surface area contributed by atoms with Gasteiger partial charge in [-0.2, -0.15) is 0 Å². The molecule has 3 N–H and O–H groups in total. The van der Waals surface area contributed by atoms with Crippen molar-refractivity contribution in [3.8, 4) is 0 Å². The van der Waals surface area contributed by atoms with Crippen molar-refractivity contribution >= 4 is 17.1 Å². The summed E-state index contributed by atoms with van der Waals surface area (Å²) in [5, 5.41) is 3.26. The maximum absolute atomic E-state index is 6.09. The molecule has 0 aliphatic carbocycles. The average molecular weight is 288 g/mol. The first-order chi connectivity index (χ1) is 10.3. The van der Waals surface area contributed by atoms with Gasteiger partial charge in [0.05, 0.1) is 17.1 Å². The van der Waals surface area contributed by atoms with Crippen LogP contribution in [0.25, 0.3) is 0 Å². The Morgan fingerprint density at radius 1 is 1.05 bits per heavy atom. The van der Waals surface area contributed by atoms with E-state index in [0.717, 1.165) is 30.5 Å². The summed E-state index contributed by atoms with van der Waals surface area (Å²) in [5.74, 6) is 0. The summed E-state index contributed by atoms with van der Waals surface area (Å²) in [7, 11) is 1.95. The van der Waals surface area contributed by atoms with Gasteiger partial charge in [0.25, 0.3) is 0 Å². The third-order valence-corrected chi connectivity index (χ3v) is 5.04. The van der Waals surface area contributed by atoms with Crippen LogP contribution in [-0.2, 0) is 0 Å². The SMILES string of the molecule is CNc1c(N)cccc1N1CCC(N2CCCCC2)CC1. The van der Waals surface area contributed by atoms with Crippen LogP contribution in [0.3, 0.4) is 0 Å². The number of nitrogen functional groups attached to an aromatic ring is 1. The zero-order chi connectivity index (χ0) is 14.7. The summed E-state index contributed by atoms with van der Waals surface area (Å²) >= 11 is 0. The molecular weight excluding hydrogens is 260 g/mol. The number of hydrogen-bond donors (Lipinski definition) is 2. The van der Waals surface area contributed by atoms with Crippen LogP contribution in [-0.4, -0.2) is 44.2 Å². The predicted molar refractivity (Wildman–Crippen MR) is 91.1 cm³/mol. The Hall–Kier alpha value is -1.42. The van der Waals surface area contributed by atoms with E-state index in [-0.39, 0.29) is 0 Å². The summed E-state index contributed by atoms with van der Waals surface area (Å²) in [6, 6.07) is 7.00. The van der Waals surface area contributed by atoms with Crippen molar-refractivity contribution in [2.24, 2.45) is 0 Å². The summed E-state index contributed by atoms with van der Waals surface area (Å²) in [6.07, 6.45) is 6.75. The van der Waals surface area contributed by atoms with Crippen LogP contribution in [0.1, 0.15) is 32.1 Å². The van der Waals surface area contributed by atoms with Gasteiger partial charge >= 0.3 is 0 Å². The molecule has 1 aromatic carbocycles. The van der Waals surface area contributed by atoms with Crippen molar-refractivity contribution in [2.75, 3.05) is 49.2 Å². The molecule has 0 spiro atoms. The van der Waals surface area contributed by atoms with Crippen LogP contribution in [0.15, 0.2) is 18.2 Å². The number of benzene rings is 1. The molecule has 1 aromatic rings. The number of nitrogens with one attached hydrogen (secondary N) is 1. The van der Waals surface area contributed by atoms with Crippen molar-refractivity contribution < 1.29 is 0 Å². The standard InChI is InChI=1S/C17H28N4/c1-19-17-15(18)6-5-7-16(17)21-12-8-14(9-13-21)20-10-3-2-4-11-20/h5-7,14,19H,2-4,8-13,18H2,1H3. The number of piperidine rings is 2. The summed E-state index contributed by atoms with van der Waals surface area (Å²) in [5.41, 5.74) is 9.26. The number of likely N-dealkylation sites (tertiary alicyclic amines) is 1. The highest BCUT2D eigenvalue weighted by atomic mass is 15.2. The Morgan fingerprint density at radius 3 is 2.43 bits per heavy atom. The molecule has 0 amide bonds. The fraction of sp³-hybridized carbons (Fsp3) is 0.647. The minimum atomic E-state index is 0.792. The van der Waals surface area contributed by atoms with E-state index in [0.29, 0.717) is 0 Å². The van der Waals surface area contributed by atoms with E-state index in [1.807, 2.05) is 13.1 Å². The zero-order valence-corrected chi connectivity index (χ0v) is 13.1. The van der Waals surface area contributed by atoms with Gasteiger partial charge < -0.3 is 20.9 Å². The van der Waals surface area contributed by atoms with Crippen LogP contribution < -0.4 is 16.0 Å². The summed E-state index contributed by atoms with van der Waals surface area (Å²) in [4.78, 5) is 5.21. The van der Waals surface area contributed by atoms with E-state index >= 15 is 0 Å². The monoisotopic (exact) mass is 288 g/mol. The number of anilines is 3. The smallest absolute Gasteiger partial charge is 0.0808 e. The van der Waals surface area contributed by atoms with Crippen LogP contribution in [0.5, 0.6) is 0 Å². The first-order valence-corrected chi connectivity index (χ1v) is 8.35. The Balaban J connectivity index is 1.64. The molecule has 2 aliphatic rings. The van der Waals surface area contributed by atoms with Gasteiger partial charge in [-0.05, 0) is 50.9 Å². The minimum absolute atomic E-state index is 0.792. The Labute approximate surface area is 128 Å². The molecule has 0 unspecified atom stereocenters. The normalized spacial score (nSPS) is 21.5. The van der Waals surface area contributed by atoms with Gasteiger partial charge in [-0.3, -0.25) is 0 Å². The third kappa shape index (κ3) is 3.10. The van der Waals surface area contributed by atoms with E-state index in [1.165, 1.54) is 50.9 Å². The molecule has 0 radical (unpaired) electrons. The number of para-hydroxylation sites is 1. The molecule has 0 atom stereocenters. The molecule has 0 aromatic heterocycles. The van der Waals surface area contributed by atoms with Gasteiger partial charge in [0.2, 0.25) is 0 Å². The van der Waals surface area contributed by atoms with Gasteiger partial charge in [-0.25, -0.2) is 0 Å². The molecule has 2 heterocycles. The summed E-state index contributed by atoms with van der Waals surface area (Å²) < 4.78 is 0. The van der Waals surface area contributed by atoms with E-state index in [1.54, 1.807) is 0 Å². The molecule has 3 rings (SSSR count). The van der Waals surface area contributed by atoms with E-state index in [4.69, 9.17) is 5.73 Å². The lowest BCUT2D eigenvalue weighted by Gasteiger charge is -2.41. The summed E-state index contributed by atoms with van der Waals surface area (Å²) in [6.45, 7) is 4.90. The largest absolute Gasteiger partial charge is 0.397 e. The van der Waals surface area contributed by atoms with Gasteiger partial charge in [-0.15, -0.1) is 0 Å². The molecule has 0 saturated carbocycles. The first kappa shape index (κ1) is 14.5. The molecule has 4 heteroatoms. The Kier molecular flexibility index (Phi) is 4.54. The highest BCUT2D eigenvalue weighted by molar-refractivity contribution is 5.81. The minimum Gasteiger partial charge on any atom is -0.397 e.